The molecular formula is C21H20ClFN2O3. The largest absolute Gasteiger partial charge is 0.508 e. The Kier molecular flexibility index (Phi) is 5.70. The number of aromatic hydroxyl groups is 1. The minimum absolute atomic E-state index is 0.0323. The molecule has 5 nitrogen and oxygen atoms in total. The summed E-state index contributed by atoms with van der Waals surface area (Å²) in [7, 11) is 0. The molecule has 1 heterocycles. The number of benzene rings is 2. The lowest BCUT2D eigenvalue weighted by molar-refractivity contribution is -0.120. The molecule has 3 rings (SSSR count). The number of rotatable bonds is 5. The molecule has 2 aromatic carbocycles. The van der Waals surface area contributed by atoms with Gasteiger partial charge in [0.05, 0.1) is 17.0 Å². The Labute approximate surface area is 166 Å². The highest BCUT2D eigenvalue weighted by Gasteiger charge is 2.22. The highest BCUT2D eigenvalue weighted by atomic mass is 35.5. The molecular weight excluding hydrogens is 383 g/mol. The first-order valence-electron chi connectivity index (χ1n) is 8.92. The zero-order valence-electron chi connectivity index (χ0n) is 15.6. The van der Waals surface area contributed by atoms with Gasteiger partial charge in [0, 0.05) is 23.2 Å². The van der Waals surface area contributed by atoms with Crippen LogP contribution in [0.25, 0.3) is 10.9 Å². The van der Waals surface area contributed by atoms with Crippen LogP contribution >= 0.6 is 11.6 Å². The first-order chi connectivity index (χ1) is 13.3. The number of aromatic nitrogens is 1. The third kappa shape index (κ3) is 3.73. The molecule has 0 aliphatic carbocycles. The number of phenols is 1. The van der Waals surface area contributed by atoms with Gasteiger partial charge in [0.15, 0.2) is 0 Å². The van der Waals surface area contributed by atoms with E-state index in [0.717, 1.165) is 12.5 Å². The average molecular weight is 403 g/mol. The second kappa shape index (κ2) is 8.02. The van der Waals surface area contributed by atoms with Crippen LogP contribution in [0.1, 0.15) is 35.0 Å². The van der Waals surface area contributed by atoms with Gasteiger partial charge >= 0.3 is 0 Å². The summed E-state index contributed by atoms with van der Waals surface area (Å²) >= 11 is 5.71. The Bertz CT molecular complexity index is 1080. The van der Waals surface area contributed by atoms with Gasteiger partial charge in [0.25, 0.3) is 5.91 Å². The van der Waals surface area contributed by atoms with Crippen LogP contribution in [0.2, 0.25) is 5.02 Å². The fourth-order valence-corrected chi connectivity index (χ4v) is 3.32. The third-order valence-corrected chi connectivity index (χ3v) is 4.90. The number of hydrogen-bond acceptors (Lipinski definition) is 3. The van der Waals surface area contributed by atoms with Crippen molar-refractivity contribution in [3.8, 4) is 5.75 Å². The number of nitrogens with one attached hydrogen (secondary N) is 1. The summed E-state index contributed by atoms with van der Waals surface area (Å²) in [6.45, 7) is 4.24. The molecule has 0 atom stereocenters. The zero-order valence-corrected chi connectivity index (χ0v) is 16.3. The quantitative estimate of drug-likeness (QED) is 0.671. The smallest absolute Gasteiger partial charge is 0.262 e. The Hall–Kier alpha value is -2.86. The highest BCUT2D eigenvalue weighted by Crippen LogP contribution is 2.30. The standard InChI is InChI=1S/C21H20ClFN2O3/c1-3-8-24-20(27)11-15-12(2)25(19-7-5-14(26)10-16(15)19)21(28)13-4-6-17(22)18(23)9-13/h4-7,9-10,26H,3,8,11H2,1-2H3,(H,24,27). The van der Waals surface area contributed by atoms with Gasteiger partial charge in [-0.25, -0.2) is 4.39 Å². The van der Waals surface area contributed by atoms with Gasteiger partial charge in [-0.2, -0.15) is 0 Å². The number of amides is 1. The van der Waals surface area contributed by atoms with Gasteiger partial charge in [-0.3, -0.25) is 14.2 Å². The van der Waals surface area contributed by atoms with Crippen LogP contribution < -0.4 is 5.32 Å². The van der Waals surface area contributed by atoms with E-state index in [1.165, 1.54) is 28.8 Å². The molecule has 0 bridgehead atoms. The Morgan fingerprint density at radius 1 is 1.21 bits per heavy atom. The molecule has 0 fully saturated rings. The zero-order chi connectivity index (χ0) is 20.4. The van der Waals surface area contributed by atoms with Crippen molar-refractivity contribution in [2.24, 2.45) is 0 Å². The van der Waals surface area contributed by atoms with E-state index in [-0.39, 0.29) is 28.7 Å². The van der Waals surface area contributed by atoms with Crippen molar-refractivity contribution >= 4 is 34.3 Å². The van der Waals surface area contributed by atoms with E-state index in [4.69, 9.17) is 11.6 Å². The van der Waals surface area contributed by atoms with E-state index in [0.29, 0.717) is 28.7 Å². The summed E-state index contributed by atoms with van der Waals surface area (Å²) in [4.78, 5) is 25.3. The van der Waals surface area contributed by atoms with Gasteiger partial charge in [-0.15, -0.1) is 0 Å². The van der Waals surface area contributed by atoms with E-state index in [1.807, 2.05) is 6.92 Å². The molecule has 1 aromatic heterocycles. The van der Waals surface area contributed by atoms with Crippen LogP contribution in [-0.4, -0.2) is 28.0 Å². The SMILES string of the molecule is CCCNC(=O)Cc1c(C)n(C(=O)c2ccc(Cl)c(F)c2)c2ccc(O)cc12. The Morgan fingerprint density at radius 2 is 1.96 bits per heavy atom. The van der Waals surface area contributed by atoms with Crippen molar-refractivity contribution in [3.63, 3.8) is 0 Å². The normalized spacial score (nSPS) is 11.0. The van der Waals surface area contributed by atoms with Crippen molar-refractivity contribution in [2.45, 2.75) is 26.7 Å². The third-order valence-electron chi connectivity index (χ3n) is 4.60. The van der Waals surface area contributed by atoms with Gasteiger partial charge in [-0.05, 0) is 55.3 Å². The van der Waals surface area contributed by atoms with E-state index in [1.54, 1.807) is 13.0 Å². The molecule has 0 radical (unpaired) electrons. The number of hydrogen-bond donors (Lipinski definition) is 2. The summed E-state index contributed by atoms with van der Waals surface area (Å²) < 4.78 is 15.3. The van der Waals surface area contributed by atoms with Gasteiger partial charge in [0.1, 0.15) is 11.6 Å². The molecule has 0 spiro atoms. The molecule has 0 unspecified atom stereocenters. The van der Waals surface area contributed by atoms with Gasteiger partial charge in [-0.1, -0.05) is 18.5 Å². The molecule has 1 amide bonds. The number of carbonyl (C=O) groups excluding carboxylic acids is 2. The summed E-state index contributed by atoms with van der Waals surface area (Å²) in [5, 5.41) is 13.2. The van der Waals surface area contributed by atoms with Crippen molar-refractivity contribution in [1.29, 1.82) is 0 Å². The maximum atomic E-state index is 13.8. The monoisotopic (exact) mass is 402 g/mol. The lowest BCUT2D eigenvalue weighted by Gasteiger charge is -2.08. The number of halogens is 2. The minimum atomic E-state index is -0.682. The predicted octanol–water partition coefficient (Wildman–Crippen LogP) is 4.21. The van der Waals surface area contributed by atoms with Crippen molar-refractivity contribution in [1.82, 2.24) is 9.88 Å². The second-order valence-electron chi connectivity index (χ2n) is 6.56. The molecule has 0 aliphatic heterocycles. The Balaban J connectivity index is 2.12. The minimum Gasteiger partial charge on any atom is -0.508 e. The van der Waals surface area contributed by atoms with Crippen LogP contribution in [0.4, 0.5) is 4.39 Å². The van der Waals surface area contributed by atoms with Gasteiger partial charge in [0.2, 0.25) is 5.91 Å². The van der Waals surface area contributed by atoms with E-state index in [9.17, 15) is 19.1 Å². The lowest BCUT2D eigenvalue weighted by Crippen LogP contribution is -2.26. The number of carbonyl (C=O) groups is 2. The maximum absolute atomic E-state index is 13.8. The maximum Gasteiger partial charge on any atom is 0.262 e. The molecule has 0 aliphatic rings. The number of fused-ring (bicyclic) bond motifs is 1. The van der Waals surface area contributed by atoms with Crippen LogP contribution in [0, 0.1) is 12.7 Å². The lowest BCUT2D eigenvalue weighted by atomic mass is 10.1. The molecule has 2 N–H and O–H groups in total. The van der Waals surface area contributed by atoms with E-state index < -0.39 is 11.7 Å². The number of nitrogens with zero attached hydrogens (tertiary/aromatic N) is 1. The molecule has 0 saturated carbocycles. The first kappa shape index (κ1) is 19.9. The first-order valence-corrected chi connectivity index (χ1v) is 9.30. The van der Waals surface area contributed by atoms with Gasteiger partial charge < -0.3 is 10.4 Å². The highest BCUT2D eigenvalue weighted by molar-refractivity contribution is 6.30. The van der Waals surface area contributed by atoms with Crippen molar-refractivity contribution in [2.75, 3.05) is 6.54 Å². The van der Waals surface area contributed by atoms with Crippen LogP contribution in [0.15, 0.2) is 36.4 Å². The fraction of sp³-hybridized carbons (Fsp3) is 0.238. The topological polar surface area (TPSA) is 71.3 Å². The van der Waals surface area contributed by atoms with Crippen molar-refractivity contribution < 1.29 is 19.1 Å². The van der Waals surface area contributed by atoms with Crippen molar-refractivity contribution in [3.05, 3.63) is 64.1 Å². The number of phenolic OH excluding ortho intramolecular Hbond substituents is 1. The summed E-state index contributed by atoms with van der Waals surface area (Å²) in [6, 6.07) is 8.47. The molecule has 28 heavy (non-hydrogen) atoms. The summed E-state index contributed by atoms with van der Waals surface area (Å²) in [6.07, 6.45) is 0.884. The molecule has 146 valence electrons. The van der Waals surface area contributed by atoms with Crippen LogP contribution in [0.5, 0.6) is 5.75 Å². The van der Waals surface area contributed by atoms with E-state index >= 15 is 0 Å². The summed E-state index contributed by atoms with van der Waals surface area (Å²) in [5.74, 6) is -1.26. The van der Waals surface area contributed by atoms with Crippen LogP contribution in [-0.2, 0) is 11.2 Å². The van der Waals surface area contributed by atoms with E-state index in [2.05, 4.69) is 5.32 Å². The van der Waals surface area contributed by atoms with Crippen LogP contribution in [0.3, 0.4) is 0 Å². The second-order valence-corrected chi connectivity index (χ2v) is 6.97. The summed E-state index contributed by atoms with van der Waals surface area (Å²) in [5.41, 5.74) is 1.88. The molecule has 3 aromatic rings. The fourth-order valence-electron chi connectivity index (χ4n) is 3.20. The predicted molar refractivity (Wildman–Crippen MR) is 106 cm³/mol. The molecule has 7 heteroatoms. The average Bonchev–Trinajstić information content (AvgIpc) is 2.93. The Morgan fingerprint density at radius 3 is 2.64 bits per heavy atom. The molecule has 0 saturated heterocycles.